The lowest BCUT2D eigenvalue weighted by Crippen LogP contribution is -2.39. The molecule has 1 rings (SSSR count). The molecule has 1 saturated carbocycles. The molecule has 0 spiro atoms. The average molecular weight is 227 g/mol. The van der Waals surface area contributed by atoms with Crippen molar-refractivity contribution in [2.45, 2.75) is 51.5 Å². The number of carbonyl (C=O) groups excluding carboxylic acids is 1. The maximum atomic E-state index is 11.2. The first-order valence-corrected chi connectivity index (χ1v) is 6.33. The lowest BCUT2D eigenvalue weighted by Gasteiger charge is -2.30. The highest BCUT2D eigenvalue weighted by atomic mass is 16.2. The molecule has 0 saturated heterocycles. The standard InChI is InChI=1S/C12H25N3O/c1-10(8-12(16)14-13)15(2)9-11-6-4-3-5-7-11/h10-11H,3-9,13H2,1-2H3,(H,14,16). The van der Waals surface area contributed by atoms with E-state index < -0.39 is 0 Å². The Bertz CT molecular complexity index is 214. The van der Waals surface area contributed by atoms with Gasteiger partial charge in [-0.2, -0.15) is 0 Å². The van der Waals surface area contributed by atoms with E-state index in [2.05, 4.69) is 24.3 Å². The predicted octanol–water partition coefficient (Wildman–Crippen LogP) is 1.27. The van der Waals surface area contributed by atoms with Gasteiger partial charge >= 0.3 is 0 Å². The van der Waals surface area contributed by atoms with E-state index in [0.29, 0.717) is 6.42 Å². The second kappa shape index (κ2) is 6.86. The highest BCUT2D eigenvalue weighted by molar-refractivity contribution is 5.75. The summed E-state index contributed by atoms with van der Waals surface area (Å²) in [5, 5.41) is 0. The molecule has 4 heteroatoms. The number of nitrogens with zero attached hydrogens (tertiary/aromatic N) is 1. The van der Waals surface area contributed by atoms with E-state index in [-0.39, 0.29) is 11.9 Å². The molecule has 0 bridgehead atoms. The second-order valence-electron chi connectivity index (χ2n) is 5.06. The number of rotatable bonds is 5. The quantitative estimate of drug-likeness (QED) is 0.422. The Balaban J connectivity index is 2.26. The monoisotopic (exact) mass is 227 g/mol. The van der Waals surface area contributed by atoms with Crippen LogP contribution in [0.25, 0.3) is 0 Å². The molecule has 3 N–H and O–H groups in total. The molecule has 0 aliphatic heterocycles. The van der Waals surface area contributed by atoms with Crippen molar-refractivity contribution >= 4 is 5.91 Å². The minimum atomic E-state index is -0.0806. The first-order valence-electron chi connectivity index (χ1n) is 6.33. The molecule has 1 unspecified atom stereocenters. The minimum Gasteiger partial charge on any atom is -0.303 e. The Morgan fingerprint density at radius 1 is 1.44 bits per heavy atom. The summed E-state index contributed by atoms with van der Waals surface area (Å²) in [7, 11) is 2.10. The molecular formula is C12H25N3O. The molecule has 1 amide bonds. The SMILES string of the molecule is CC(CC(=O)NN)N(C)CC1CCCCC1. The molecule has 1 atom stereocenters. The summed E-state index contributed by atoms with van der Waals surface area (Å²) in [6.45, 7) is 3.19. The molecular weight excluding hydrogens is 202 g/mol. The van der Waals surface area contributed by atoms with Crippen molar-refractivity contribution < 1.29 is 4.79 Å². The zero-order valence-corrected chi connectivity index (χ0v) is 10.5. The van der Waals surface area contributed by atoms with E-state index >= 15 is 0 Å². The Kier molecular flexibility index (Phi) is 5.77. The molecule has 0 aromatic rings. The van der Waals surface area contributed by atoms with Crippen molar-refractivity contribution in [3.63, 3.8) is 0 Å². The van der Waals surface area contributed by atoms with E-state index in [0.717, 1.165) is 12.5 Å². The van der Waals surface area contributed by atoms with Gasteiger partial charge in [0.25, 0.3) is 0 Å². The Morgan fingerprint density at radius 2 is 2.06 bits per heavy atom. The van der Waals surface area contributed by atoms with Crippen LogP contribution in [0.15, 0.2) is 0 Å². The van der Waals surface area contributed by atoms with Gasteiger partial charge in [0.1, 0.15) is 0 Å². The largest absolute Gasteiger partial charge is 0.303 e. The third-order valence-electron chi connectivity index (χ3n) is 3.67. The van der Waals surface area contributed by atoms with Gasteiger partial charge in [0.2, 0.25) is 5.91 Å². The molecule has 0 aromatic carbocycles. The third kappa shape index (κ3) is 4.49. The minimum absolute atomic E-state index is 0.0806. The van der Waals surface area contributed by atoms with Gasteiger partial charge < -0.3 is 4.90 Å². The lowest BCUT2D eigenvalue weighted by molar-refractivity contribution is -0.122. The van der Waals surface area contributed by atoms with Crippen molar-refractivity contribution in [1.29, 1.82) is 0 Å². The number of hydrogen-bond acceptors (Lipinski definition) is 3. The van der Waals surface area contributed by atoms with Gasteiger partial charge in [-0.25, -0.2) is 5.84 Å². The maximum Gasteiger partial charge on any atom is 0.235 e. The normalized spacial score (nSPS) is 19.8. The second-order valence-corrected chi connectivity index (χ2v) is 5.06. The Morgan fingerprint density at radius 3 is 2.62 bits per heavy atom. The summed E-state index contributed by atoms with van der Waals surface area (Å²) in [4.78, 5) is 13.4. The van der Waals surface area contributed by atoms with Crippen molar-refractivity contribution in [3.8, 4) is 0 Å². The highest BCUT2D eigenvalue weighted by Crippen LogP contribution is 2.24. The van der Waals surface area contributed by atoms with Gasteiger partial charge in [-0.15, -0.1) is 0 Å². The fourth-order valence-electron chi connectivity index (χ4n) is 2.44. The summed E-state index contributed by atoms with van der Waals surface area (Å²) in [5.41, 5.74) is 2.19. The molecule has 4 nitrogen and oxygen atoms in total. The van der Waals surface area contributed by atoms with Crippen LogP contribution in [0.1, 0.15) is 45.4 Å². The van der Waals surface area contributed by atoms with Gasteiger partial charge in [-0.3, -0.25) is 10.2 Å². The van der Waals surface area contributed by atoms with Crippen molar-refractivity contribution in [2.75, 3.05) is 13.6 Å². The van der Waals surface area contributed by atoms with Gasteiger partial charge in [0, 0.05) is 19.0 Å². The van der Waals surface area contributed by atoms with Crippen molar-refractivity contribution in [1.82, 2.24) is 10.3 Å². The van der Waals surface area contributed by atoms with E-state index in [1.165, 1.54) is 32.1 Å². The number of nitrogens with two attached hydrogens (primary N) is 1. The van der Waals surface area contributed by atoms with E-state index in [1.54, 1.807) is 0 Å². The zero-order chi connectivity index (χ0) is 12.0. The van der Waals surface area contributed by atoms with Crippen LogP contribution in [-0.2, 0) is 4.79 Å². The molecule has 1 fully saturated rings. The van der Waals surface area contributed by atoms with Crippen LogP contribution in [0.3, 0.4) is 0 Å². The first-order chi connectivity index (χ1) is 7.63. The molecule has 94 valence electrons. The molecule has 1 aliphatic rings. The average Bonchev–Trinajstić information content (AvgIpc) is 2.30. The Hall–Kier alpha value is -0.610. The van der Waals surface area contributed by atoms with Gasteiger partial charge in [-0.1, -0.05) is 19.3 Å². The van der Waals surface area contributed by atoms with E-state index in [1.807, 2.05) is 0 Å². The molecule has 0 aromatic heterocycles. The fraction of sp³-hybridized carbons (Fsp3) is 0.917. The number of nitrogens with one attached hydrogen (secondary N) is 1. The van der Waals surface area contributed by atoms with Crippen LogP contribution in [0.2, 0.25) is 0 Å². The smallest absolute Gasteiger partial charge is 0.235 e. The predicted molar refractivity (Wildman–Crippen MR) is 65.6 cm³/mol. The van der Waals surface area contributed by atoms with E-state index in [4.69, 9.17) is 5.84 Å². The fourth-order valence-corrected chi connectivity index (χ4v) is 2.44. The van der Waals surface area contributed by atoms with Crippen LogP contribution < -0.4 is 11.3 Å². The van der Waals surface area contributed by atoms with Crippen LogP contribution in [-0.4, -0.2) is 30.4 Å². The number of hydrogen-bond donors (Lipinski definition) is 2. The third-order valence-corrected chi connectivity index (χ3v) is 3.67. The topological polar surface area (TPSA) is 58.4 Å². The molecule has 1 aliphatic carbocycles. The Labute approximate surface area is 98.5 Å². The summed E-state index contributed by atoms with van der Waals surface area (Å²) in [5.74, 6) is 5.83. The van der Waals surface area contributed by atoms with E-state index in [9.17, 15) is 4.79 Å². The van der Waals surface area contributed by atoms with Crippen molar-refractivity contribution in [2.24, 2.45) is 11.8 Å². The number of amides is 1. The molecule has 0 heterocycles. The summed E-state index contributed by atoms with van der Waals surface area (Å²) in [6.07, 6.45) is 7.32. The molecule has 0 radical (unpaired) electrons. The zero-order valence-electron chi connectivity index (χ0n) is 10.5. The summed E-state index contributed by atoms with van der Waals surface area (Å²) < 4.78 is 0. The van der Waals surface area contributed by atoms with Crippen LogP contribution in [0.5, 0.6) is 0 Å². The lowest BCUT2D eigenvalue weighted by atomic mass is 9.88. The van der Waals surface area contributed by atoms with Crippen LogP contribution >= 0.6 is 0 Å². The summed E-state index contributed by atoms with van der Waals surface area (Å²) in [6, 6.07) is 0.269. The first kappa shape index (κ1) is 13.5. The van der Waals surface area contributed by atoms with Gasteiger partial charge in [-0.05, 0) is 32.7 Å². The van der Waals surface area contributed by atoms with Crippen molar-refractivity contribution in [3.05, 3.63) is 0 Å². The summed E-state index contributed by atoms with van der Waals surface area (Å²) >= 11 is 0. The van der Waals surface area contributed by atoms with Gasteiger partial charge in [0.15, 0.2) is 0 Å². The number of carbonyl (C=O) groups is 1. The highest BCUT2D eigenvalue weighted by Gasteiger charge is 2.19. The maximum absolute atomic E-state index is 11.2. The van der Waals surface area contributed by atoms with Crippen LogP contribution in [0, 0.1) is 5.92 Å². The number of hydrazine groups is 1. The molecule has 16 heavy (non-hydrogen) atoms. The van der Waals surface area contributed by atoms with Crippen LogP contribution in [0.4, 0.5) is 0 Å². The van der Waals surface area contributed by atoms with Gasteiger partial charge in [0.05, 0.1) is 0 Å².